The van der Waals surface area contributed by atoms with Crippen LogP contribution in [0.4, 0.5) is 5.69 Å². The quantitative estimate of drug-likeness (QED) is 0.433. The van der Waals surface area contributed by atoms with E-state index in [9.17, 15) is 28.4 Å². The number of nitrogens with zero attached hydrogens (tertiary/aromatic N) is 1. The number of carbonyl (C=O) groups is 1. The summed E-state index contributed by atoms with van der Waals surface area (Å²) in [7, 11) is -2.84. The topological polar surface area (TPSA) is 136 Å². The van der Waals surface area contributed by atoms with Gasteiger partial charge in [0.2, 0.25) is 10.0 Å². The number of nitro groups is 1. The number of nitrogens with one attached hydrogen (secondary N) is 1. The van der Waals surface area contributed by atoms with Crippen LogP contribution in [0, 0.1) is 10.1 Å². The van der Waals surface area contributed by atoms with Crippen molar-refractivity contribution in [2.45, 2.75) is 11.3 Å². The van der Waals surface area contributed by atoms with Crippen LogP contribution in [0.5, 0.6) is 5.75 Å². The van der Waals surface area contributed by atoms with Crippen LogP contribution in [0.2, 0.25) is 0 Å². The van der Waals surface area contributed by atoms with Crippen molar-refractivity contribution in [1.82, 2.24) is 4.72 Å². The molecule has 0 heterocycles. The Balaban J connectivity index is 2.90. The van der Waals surface area contributed by atoms with E-state index >= 15 is 0 Å². The SMILES string of the molecule is COC(=O)CCNS(=O)(=O)c1ccc(O)c([N+](=O)[O-])c1. The maximum Gasteiger partial charge on any atom is 0.312 e. The summed E-state index contributed by atoms with van der Waals surface area (Å²) in [5.41, 5.74) is -0.721. The number of methoxy groups -OCH3 is 1. The molecule has 0 fully saturated rings. The first kappa shape index (κ1) is 15.9. The van der Waals surface area contributed by atoms with Crippen LogP contribution in [0.25, 0.3) is 0 Å². The fourth-order valence-corrected chi connectivity index (χ4v) is 2.34. The van der Waals surface area contributed by atoms with Crippen LogP contribution in [-0.4, -0.2) is 38.1 Å². The van der Waals surface area contributed by atoms with E-state index in [-0.39, 0.29) is 17.9 Å². The van der Waals surface area contributed by atoms with Crippen LogP contribution >= 0.6 is 0 Å². The third-order valence-electron chi connectivity index (χ3n) is 2.30. The molecule has 1 aromatic carbocycles. The van der Waals surface area contributed by atoms with Gasteiger partial charge < -0.3 is 9.84 Å². The number of carbonyl (C=O) groups excluding carboxylic acids is 1. The maximum atomic E-state index is 11.8. The van der Waals surface area contributed by atoms with Gasteiger partial charge in [-0.1, -0.05) is 0 Å². The second-order valence-corrected chi connectivity index (χ2v) is 5.40. The normalized spacial score (nSPS) is 11.1. The number of esters is 1. The van der Waals surface area contributed by atoms with Crippen molar-refractivity contribution in [1.29, 1.82) is 0 Å². The molecule has 0 aliphatic carbocycles. The standard InChI is InChI=1S/C10H12N2O7S/c1-19-10(14)4-5-11-20(17,18)7-2-3-9(13)8(6-7)12(15)16/h2-3,6,11,13H,4-5H2,1H3. The molecule has 2 N–H and O–H groups in total. The number of phenols is 1. The highest BCUT2D eigenvalue weighted by molar-refractivity contribution is 7.89. The van der Waals surface area contributed by atoms with Crippen molar-refractivity contribution in [2.75, 3.05) is 13.7 Å². The average molecular weight is 304 g/mol. The van der Waals surface area contributed by atoms with Gasteiger partial charge in [-0.3, -0.25) is 14.9 Å². The summed E-state index contributed by atoms with van der Waals surface area (Å²) >= 11 is 0. The summed E-state index contributed by atoms with van der Waals surface area (Å²) in [6.07, 6.45) is -0.171. The molecular weight excluding hydrogens is 292 g/mol. The molecule has 0 saturated heterocycles. The molecule has 9 nitrogen and oxygen atoms in total. The fourth-order valence-electron chi connectivity index (χ4n) is 1.29. The van der Waals surface area contributed by atoms with E-state index in [2.05, 4.69) is 9.46 Å². The molecule has 20 heavy (non-hydrogen) atoms. The predicted octanol–water partition coefficient (Wildman–Crippen LogP) is 0.142. The highest BCUT2D eigenvalue weighted by Gasteiger charge is 2.21. The Bertz CT molecular complexity index is 626. The number of phenolic OH excluding ortho intramolecular Hbond substituents is 1. The lowest BCUT2D eigenvalue weighted by molar-refractivity contribution is -0.386. The molecule has 1 aromatic rings. The first-order valence-electron chi connectivity index (χ1n) is 5.32. The maximum absolute atomic E-state index is 11.8. The molecule has 0 spiro atoms. The molecule has 0 atom stereocenters. The Morgan fingerprint density at radius 3 is 2.70 bits per heavy atom. The molecule has 0 aliphatic heterocycles. The lowest BCUT2D eigenvalue weighted by Crippen LogP contribution is -2.26. The number of benzene rings is 1. The molecule has 1 rings (SSSR count). The van der Waals surface area contributed by atoms with Gasteiger partial charge in [0.05, 0.1) is 23.3 Å². The fraction of sp³-hybridized carbons (Fsp3) is 0.300. The van der Waals surface area contributed by atoms with Gasteiger partial charge in [0.15, 0.2) is 5.75 Å². The van der Waals surface area contributed by atoms with E-state index in [1.54, 1.807) is 0 Å². The van der Waals surface area contributed by atoms with Gasteiger partial charge in [-0.2, -0.15) is 0 Å². The van der Waals surface area contributed by atoms with E-state index in [0.717, 1.165) is 18.2 Å². The minimum Gasteiger partial charge on any atom is -0.502 e. The molecule has 0 bridgehead atoms. The van der Waals surface area contributed by atoms with Crippen molar-refractivity contribution in [3.8, 4) is 5.75 Å². The number of hydrogen-bond donors (Lipinski definition) is 2. The zero-order chi connectivity index (χ0) is 15.3. The summed E-state index contributed by atoms with van der Waals surface area (Å²) in [4.78, 5) is 20.2. The van der Waals surface area contributed by atoms with Crippen molar-refractivity contribution in [3.63, 3.8) is 0 Å². The van der Waals surface area contributed by atoms with E-state index in [0.29, 0.717) is 0 Å². The lowest BCUT2D eigenvalue weighted by Gasteiger charge is -2.06. The highest BCUT2D eigenvalue weighted by Crippen LogP contribution is 2.27. The Hall–Kier alpha value is -2.20. The van der Waals surface area contributed by atoms with Crippen LogP contribution in [0.3, 0.4) is 0 Å². The van der Waals surface area contributed by atoms with Crippen molar-refractivity contribution >= 4 is 21.7 Å². The number of ether oxygens (including phenoxy) is 1. The van der Waals surface area contributed by atoms with Crippen LogP contribution in [0.1, 0.15) is 6.42 Å². The second kappa shape index (κ2) is 6.30. The van der Waals surface area contributed by atoms with Gasteiger partial charge in [-0.05, 0) is 12.1 Å². The molecule has 0 saturated carbocycles. The summed E-state index contributed by atoms with van der Waals surface area (Å²) in [6.45, 7) is -0.205. The molecule has 10 heteroatoms. The summed E-state index contributed by atoms with van der Waals surface area (Å²) in [5, 5.41) is 19.8. The highest BCUT2D eigenvalue weighted by atomic mass is 32.2. The summed E-state index contributed by atoms with van der Waals surface area (Å²) in [5.74, 6) is -1.23. The van der Waals surface area contributed by atoms with Crippen LogP contribution < -0.4 is 4.72 Å². The Labute approximate surface area is 114 Å². The lowest BCUT2D eigenvalue weighted by atomic mass is 10.3. The minimum atomic E-state index is -4.01. The Morgan fingerprint density at radius 1 is 1.50 bits per heavy atom. The average Bonchev–Trinajstić information content (AvgIpc) is 2.38. The van der Waals surface area contributed by atoms with Gasteiger partial charge in [0.25, 0.3) is 0 Å². The van der Waals surface area contributed by atoms with Gasteiger partial charge in [0, 0.05) is 12.6 Å². The molecule has 110 valence electrons. The van der Waals surface area contributed by atoms with E-state index in [4.69, 9.17) is 0 Å². The van der Waals surface area contributed by atoms with Gasteiger partial charge >= 0.3 is 11.7 Å². The largest absolute Gasteiger partial charge is 0.502 e. The third-order valence-corrected chi connectivity index (χ3v) is 3.76. The summed E-state index contributed by atoms with van der Waals surface area (Å²) in [6, 6.07) is 2.66. The minimum absolute atomic E-state index is 0.171. The smallest absolute Gasteiger partial charge is 0.312 e. The van der Waals surface area contributed by atoms with E-state index < -0.39 is 32.4 Å². The van der Waals surface area contributed by atoms with Crippen LogP contribution in [0.15, 0.2) is 23.1 Å². The van der Waals surface area contributed by atoms with E-state index in [1.807, 2.05) is 0 Å². The first-order chi connectivity index (χ1) is 9.27. The van der Waals surface area contributed by atoms with Crippen LogP contribution in [-0.2, 0) is 19.6 Å². The zero-order valence-electron chi connectivity index (χ0n) is 10.4. The van der Waals surface area contributed by atoms with Gasteiger partial charge in [0.1, 0.15) is 0 Å². The predicted molar refractivity (Wildman–Crippen MR) is 66.6 cm³/mol. The number of nitro benzene ring substituents is 1. The number of sulfonamides is 1. The van der Waals surface area contributed by atoms with Crippen molar-refractivity contribution in [2.24, 2.45) is 0 Å². The van der Waals surface area contributed by atoms with Gasteiger partial charge in [-0.25, -0.2) is 13.1 Å². The molecule has 0 aromatic heterocycles. The first-order valence-corrected chi connectivity index (χ1v) is 6.80. The molecule has 0 radical (unpaired) electrons. The third kappa shape index (κ3) is 3.90. The molecule has 0 amide bonds. The Kier molecular flexibility index (Phi) is 5.00. The summed E-state index contributed by atoms with van der Waals surface area (Å²) < 4.78 is 30.1. The molecular formula is C10H12N2O7S. The zero-order valence-corrected chi connectivity index (χ0v) is 11.2. The van der Waals surface area contributed by atoms with Crippen molar-refractivity contribution in [3.05, 3.63) is 28.3 Å². The van der Waals surface area contributed by atoms with Gasteiger partial charge in [-0.15, -0.1) is 0 Å². The van der Waals surface area contributed by atoms with Crippen molar-refractivity contribution < 1.29 is 28.0 Å². The number of aromatic hydroxyl groups is 1. The number of rotatable bonds is 6. The van der Waals surface area contributed by atoms with E-state index in [1.165, 1.54) is 7.11 Å². The molecule has 0 unspecified atom stereocenters. The monoisotopic (exact) mass is 304 g/mol. The number of hydrogen-bond acceptors (Lipinski definition) is 7. The molecule has 0 aliphatic rings. The second-order valence-electron chi connectivity index (χ2n) is 3.63. The Morgan fingerprint density at radius 2 is 2.15 bits per heavy atom.